The third kappa shape index (κ3) is 4.16. The van der Waals surface area contributed by atoms with Crippen molar-refractivity contribution >= 4 is 0 Å². The van der Waals surface area contributed by atoms with Crippen LogP contribution in [0, 0.1) is 17.6 Å². The van der Waals surface area contributed by atoms with Crippen LogP contribution in [0.2, 0.25) is 0 Å². The molecule has 2 unspecified atom stereocenters. The number of aryl methyl sites for hydroxylation is 1. The Hall–Kier alpha value is -1.70. The van der Waals surface area contributed by atoms with Gasteiger partial charge in [0.2, 0.25) is 0 Å². The summed E-state index contributed by atoms with van der Waals surface area (Å²) in [6.07, 6.45) is 9.18. The molecule has 0 aliphatic heterocycles. The molecule has 1 aliphatic carbocycles. The van der Waals surface area contributed by atoms with E-state index in [1.165, 1.54) is 44.1 Å². The first-order valence-corrected chi connectivity index (χ1v) is 10.2. The van der Waals surface area contributed by atoms with Crippen LogP contribution in [0.5, 0.6) is 0 Å². The second kappa shape index (κ2) is 8.79. The fraction of sp³-hybridized carbons (Fsp3) is 0.500. The number of benzene rings is 2. The van der Waals surface area contributed by atoms with Crippen LogP contribution in [0.15, 0.2) is 36.4 Å². The van der Waals surface area contributed by atoms with Crippen molar-refractivity contribution in [3.05, 3.63) is 59.2 Å². The summed E-state index contributed by atoms with van der Waals surface area (Å²) in [5.41, 5.74) is 2.93. The van der Waals surface area contributed by atoms with E-state index >= 15 is 0 Å². The van der Waals surface area contributed by atoms with Crippen LogP contribution in [-0.4, -0.2) is 0 Å². The van der Waals surface area contributed by atoms with Crippen molar-refractivity contribution < 1.29 is 8.78 Å². The van der Waals surface area contributed by atoms with E-state index in [1.807, 2.05) is 19.1 Å². The van der Waals surface area contributed by atoms with Crippen LogP contribution in [-0.2, 0) is 6.42 Å². The second-order valence-electron chi connectivity index (χ2n) is 7.79. The average Bonchev–Trinajstić information content (AvgIpc) is 3.13. The zero-order chi connectivity index (χ0) is 18.5. The monoisotopic (exact) mass is 356 g/mol. The summed E-state index contributed by atoms with van der Waals surface area (Å²) in [5.74, 6) is 0.0730. The average molecular weight is 357 g/mol. The van der Waals surface area contributed by atoms with Gasteiger partial charge < -0.3 is 0 Å². The highest BCUT2D eigenvalue weighted by Crippen LogP contribution is 2.41. The molecule has 0 N–H and O–H groups in total. The van der Waals surface area contributed by atoms with Crippen LogP contribution in [0.3, 0.4) is 0 Å². The molecule has 2 atom stereocenters. The first kappa shape index (κ1) is 19.1. The molecule has 0 nitrogen and oxygen atoms in total. The summed E-state index contributed by atoms with van der Waals surface area (Å²) in [5, 5.41) is 0. The maximum atomic E-state index is 14.5. The molecule has 1 aliphatic rings. The number of halogens is 2. The van der Waals surface area contributed by atoms with Gasteiger partial charge in [-0.15, -0.1) is 0 Å². The van der Waals surface area contributed by atoms with Crippen molar-refractivity contribution in [2.75, 3.05) is 0 Å². The van der Waals surface area contributed by atoms with E-state index in [9.17, 15) is 8.78 Å². The molecule has 1 fully saturated rings. The summed E-state index contributed by atoms with van der Waals surface area (Å²) in [7, 11) is 0. The van der Waals surface area contributed by atoms with Gasteiger partial charge in [-0.25, -0.2) is 8.78 Å². The smallest absolute Gasteiger partial charge is 0.166 e. The molecular weight excluding hydrogens is 326 g/mol. The van der Waals surface area contributed by atoms with Crippen molar-refractivity contribution in [1.29, 1.82) is 0 Å². The van der Waals surface area contributed by atoms with Crippen LogP contribution in [0.1, 0.15) is 75.8 Å². The van der Waals surface area contributed by atoms with Crippen molar-refractivity contribution in [3.63, 3.8) is 0 Å². The predicted molar refractivity (Wildman–Crippen MR) is 105 cm³/mol. The van der Waals surface area contributed by atoms with Crippen molar-refractivity contribution in [2.24, 2.45) is 5.92 Å². The van der Waals surface area contributed by atoms with Gasteiger partial charge in [0.05, 0.1) is 0 Å². The molecule has 0 heterocycles. The summed E-state index contributed by atoms with van der Waals surface area (Å²) in [4.78, 5) is 0. The Bertz CT molecular complexity index is 718. The topological polar surface area (TPSA) is 0 Å². The Kier molecular flexibility index (Phi) is 6.45. The molecule has 26 heavy (non-hydrogen) atoms. The number of unbranched alkanes of at least 4 members (excludes halogenated alkanes) is 1. The second-order valence-corrected chi connectivity index (χ2v) is 7.79. The number of hydrogen-bond donors (Lipinski definition) is 0. The van der Waals surface area contributed by atoms with E-state index in [-0.39, 0.29) is 0 Å². The van der Waals surface area contributed by atoms with Crippen LogP contribution in [0.25, 0.3) is 11.1 Å². The van der Waals surface area contributed by atoms with Gasteiger partial charge in [0.25, 0.3) is 0 Å². The Labute approximate surface area is 156 Å². The van der Waals surface area contributed by atoms with Crippen molar-refractivity contribution in [3.8, 4) is 11.1 Å². The minimum absolute atomic E-state index is 0.362. The van der Waals surface area contributed by atoms with Crippen molar-refractivity contribution in [1.82, 2.24) is 0 Å². The SMILES string of the molecule is CCCCC1CCC(c2ccc(-c3ccc(CCC)c(F)c3F)cc2)C1. The van der Waals surface area contributed by atoms with Gasteiger partial charge in [0.1, 0.15) is 0 Å². The van der Waals surface area contributed by atoms with Crippen LogP contribution >= 0.6 is 0 Å². The molecule has 2 aromatic rings. The maximum absolute atomic E-state index is 14.5. The lowest BCUT2D eigenvalue weighted by Gasteiger charge is -2.13. The zero-order valence-electron chi connectivity index (χ0n) is 16.0. The molecule has 0 spiro atoms. The molecule has 0 aromatic heterocycles. The van der Waals surface area contributed by atoms with Crippen LogP contribution in [0.4, 0.5) is 8.78 Å². The molecular formula is C24H30F2. The highest BCUT2D eigenvalue weighted by molar-refractivity contribution is 5.65. The summed E-state index contributed by atoms with van der Waals surface area (Å²) in [6, 6.07) is 11.6. The molecule has 140 valence electrons. The third-order valence-corrected chi connectivity index (χ3v) is 5.88. The highest BCUT2D eigenvalue weighted by atomic mass is 19.2. The van der Waals surface area contributed by atoms with E-state index in [4.69, 9.17) is 0 Å². The first-order chi connectivity index (χ1) is 12.6. The molecule has 3 rings (SSSR count). The summed E-state index contributed by atoms with van der Waals surface area (Å²) < 4.78 is 28.7. The normalized spacial score (nSPS) is 19.8. The van der Waals surface area contributed by atoms with Gasteiger partial charge in [-0.05, 0) is 54.2 Å². The highest BCUT2D eigenvalue weighted by Gasteiger charge is 2.25. The van der Waals surface area contributed by atoms with E-state index < -0.39 is 11.6 Å². The van der Waals surface area contributed by atoms with Crippen molar-refractivity contribution in [2.45, 2.75) is 71.1 Å². The van der Waals surface area contributed by atoms with Gasteiger partial charge >= 0.3 is 0 Å². The van der Waals surface area contributed by atoms with Gasteiger partial charge in [0.15, 0.2) is 11.6 Å². The minimum Gasteiger partial charge on any atom is -0.203 e. The lowest BCUT2D eigenvalue weighted by Crippen LogP contribution is -1.98. The molecule has 0 saturated heterocycles. The zero-order valence-corrected chi connectivity index (χ0v) is 16.0. The standard InChI is InChI=1S/C24H30F2/c1-3-5-7-17-8-9-21(16-17)18-10-12-19(13-11-18)22-15-14-20(6-4-2)23(25)24(22)26/h10-15,17,21H,3-9,16H2,1-2H3. The van der Waals surface area contributed by atoms with Gasteiger partial charge in [-0.3, -0.25) is 0 Å². The number of hydrogen-bond acceptors (Lipinski definition) is 0. The molecule has 2 aromatic carbocycles. The lowest BCUT2D eigenvalue weighted by atomic mass is 9.92. The largest absolute Gasteiger partial charge is 0.203 e. The van der Waals surface area contributed by atoms with E-state index in [0.29, 0.717) is 23.5 Å². The van der Waals surface area contributed by atoms with E-state index in [2.05, 4.69) is 19.1 Å². The van der Waals surface area contributed by atoms with Gasteiger partial charge in [0, 0.05) is 5.56 Å². The van der Waals surface area contributed by atoms with E-state index in [1.54, 1.807) is 12.1 Å². The fourth-order valence-corrected chi connectivity index (χ4v) is 4.34. The molecule has 0 radical (unpaired) electrons. The summed E-state index contributed by atoms with van der Waals surface area (Å²) >= 11 is 0. The molecule has 0 bridgehead atoms. The van der Waals surface area contributed by atoms with Gasteiger partial charge in [-0.1, -0.05) is 75.9 Å². The first-order valence-electron chi connectivity index (χ1n) is 10.2. The Morgan fingerprint density at radius 1 is 0.885 bits per heavy atom. The number of rotatable bonds is 7. The Balaban J connectivity index is 1.73. The minimum atomic E-state index is -0.718. The Morgan fingerprint density at radius 2 is 1.65 bits per heavy atom. The summed E-state index contributed by atoms with van der Waals surface area (Å²) in [6.45, 7) is 4.22. The quantitative estimate of drug-likeness (QED) is 0.478. The van der Waals surface area contributed by atoms with Gasteiger partial charge in [-0.2, -0.15) is 0 Å². The molecule has 2 heteroatoms. The van der Waals surface area contributed by atoms with Crippen LogP contribution < -0.4 is 0 Å². The maximum Gasteiger partial charge on any atom is 0.166 e. The third-order valence-electron chi connectivity index (χ3n) is 5.88. The molecule has 1 saturated carbocycles. The lowest BCUT2D eigenvalue weighted by molar-refractivity contribution is 0.474. The fourth-order valence-electron chi connectivity index (χ4n) is 4.34. The van der Waals surface area contributed by atoms with E-state index in [0.717, 1.165) is 17.9 Å². The Morgan fingerprint density at radius 3 is 2.35 bits per heavy atom. The predicted octanol–water partition coefficient (Wildman–Crippen LogP) is 7.66. The molecule has 0 amide bonds.